The normalized spacial score (nSPS) is 14.3. The van der Waals surface area contributed by atoms with Crippen LogP contribution in [-0.2, 0) is 4.79 Å². The van der Waals surface area contributed by atoms with Crippen molar-refractivity contribution in [2.24, 2.45) is 0 Å². The highest BCUT2D eigenvalue weighted by Gasteiger charge is 2.30. The Morgan fingerprint density at radius 1 is 1.31 bits per heavy atom. The third kappa shape index (κ3) is 6.20. The van der Waals surface area contributed by atoms with Crippen LogP contribution in [0.25, 0.3) is 0 Å². The minimum absolute atomic E-state index is 0.337. The van der Waals surface area contributed by atoms with Crippen molar-refractivity contribution in [1.82, 2.24) is 15.5 Å². The molecule has 2 amide bonds. The van der Waals surface area contributed by atoms with E-state index in [1.54, 1.807) is 0 Å². The molecule has 0 aromatic heterocycles. The van der Waals surface area contributed by atoms with Gasteiger partial charge >= 0.3 is 12.0 Å². The van der Waals surface area contributed by atoms with Crippen LogP contribution in [0.2, 0.25) is 0 Å². The summed E-state index contributed by atoms with van der Waals surface area (Å²) in [6.45, 7) is 1.92. The molecule has 7 heteroatoms. The molecular formula is C9H19N3O4. The summed E-state index contributed by atoms with van der Waals surface area (Å²) < 4.78 is 0. The molecule has 1 unspecified atom stereocenters. The van der Waals surface area contributed by atoms with Crippen molar-refractivity contribution < 1.29 is 19.8 Å². The van der Waals surface area contributed by atoms with Crippen LogP contribution in [-0.4, -0.2) is 66.4 Å². The van der Waals surface area contributed by atoms with Crippen LogP contribution < -0.4 is 10.6 Å². The van der Waals surface area contributed by atoms with E-state index in [4.69, 9.17) is 5.11 Å². The van der Waals surface area contributed by atoms with Crippen LogP contribution in [0.5, 0.6) is 0 Å². The average Bonchev–Trinajstić information content (AvgIpc) is 2.14. The summed E-state index contributed by atoms with van der Waals surface area (Å²) >= 11 is 0. The molecule has 1 atom stereocenters. The molecule has 0 fully saturated rings. The lowest BCUT2D eigenvalue weighted by atomic mass is 10.1. The quantitative estimate of drug-likeness (QED) is 0.456. The number of amides is 2. The van der Waals surface area contributed by atoms with E-state index < -0.39 is 17.6 Å². The molecule has 4 N–H and O–H groups in total. The number of nitrogens with zero attached hydrogens (tertiary/aromatic N) is 1. The molecule has 7 nitrogen and oxygen atoms in total. The zero-order valence-electron chi connectivity index (χ0n) is 9.78. The highest BCUT2D eigenvalue weighted by molar-refractivity contribution is 5.79. The molecule has 0 heterocycles. The molecule has 0 aliphatic rings. The third-order valence-corrected chi connectivity index (χ3v) is 1.90. The molecule has 0 spiro atoms. The predicted molar refractivity (Wildman–Crippen MR) is 58.2 cm³/mol. The maximum atomic E-state index is 11.1. The first-order valence-corrected chi connectivity index (χ1v) is 4.88. The van der Waals surface area contributed by atoms with E-state index in [2.05, 4.69) is 10.6 Å². The van der Waals surface area contributed by atoms with Crippen molar-refractivity contribution >= 4 is 12.0 Å². The number of aliphatic carboxylic acids is 1. The zero-order chi connectivity index (χ0) is 12.8. The summed E-state index contributed by atoms with van der Waals surface area (Å²) in [6.07, 6.45) is 0. The van der Waals surface area contributed by atoms with Crippen molar-refractivity contribution in [2.45, 2.75) is 12.5 Å². The number of nitrogens with one attached hydrogen (secondary N) is 2. The minimum atomic E-state index is -1.95. The van der Waals surface area contributed by atoms with Crippen molar-refractivity contribution in [3.05, 3.63) is 0 Å². The predicted octanol–water partition coefficient (Wildman–Crippen LogP) is -1.32. The van der Waals surface area contributed by atoms with Gasteiger partial charge in [0, 0.05) is 13.1 Å². The molecule has 0 saturated heterocycles. The molecule has 0 radical (unpaired) electrons. The van der Waals surface area contributed by atoms with E-state index >= 15 is 0 Å². The number of carbonyl (C=O) groups excluding carboxylic acids is 1. The number of rotatable bonds is 6. The van der Waals surface area contributed by atoms with Crippen molar-refractivity contribution in [3.63, 3.8) is 0 Å². The van der Waals surface area contributed by atoms with Gasteiger partial charge in [-0.05, 0) is 21.0 Å². The molecular weight excluding hydrogens is 214 g/mol. The Balaban J connectivity index is 3.77. The fraction of sp³-hybridized carbons (Fsp3) is 0.778. The SMILES string of the molecule is CN(C)CCNC(=O)NCC(C)(O)C(=O)O. The summed E-state index contributed by atoms with van der Waals surface area (Å²) in [5, 5.41) is 22.7. The first-order valence-electron chi connectivity index (χ1n) is 4.88. The summed E-state index contributed by atoms with van der Waals surface area (Å²) in [4.78, 5) is 23.6. The fourth-order valence-electron chi connectivity index (χ4n) is 0.784. The number of carbonyl (C=O) groups is 2. The van der Waals surface area contributed by atoms with Gasteiger partial charge in [0.15, 0.2) is 5.60 Å². The van der Waals surface area contributed by atoms with Crippen LogP contribution >= 0.6 is 0 Å². The van der Waals surface area contributed by atoms with Gasteiger partial charge < -0.3 is 25.7 Å². The Morgan fingerprint density at radius 3 is 2.31 bits per heavy atom. The number of carboxylic acids is 1. The van der Waals surface area contributed by atoms with Crippen LogP contribution in [0, 0.1) is 0 Å². The topological polar surface area (TPSA) is 102 Å². The Labute approximate surface area is 94.4 Å². The number of hydrogen-bond acceptors (Lipinski definition) is 4. The lowest BCUT2D eigenvalue weighted by Gasteiger charge is -2.18. The Hall–Kier alpha value is -1.34. The monoisotopic (exact) mass is 233 g/mol. The molecule has 16 heavy (non-hydrogen) atoms. The minimum Gasteiger partial charge on any atom is -0.479 e. The van der Waals surface area contributed by atoms with E-state index in [9.17, 15) is 14.7 Å². The van der Waals surface area contributed by atoms with Crippen LogP contribution in [0.15, 0.2) is 0 Å². The van der Waals surface area contributed by atoms with Crippen molar-refractivity contribution in [2.75, 3.05) is 33.7 Å². The van der Waals surface area contributed by atoms with Crippen LogP contribution in [0.3, 0.4) is 0 Å². The Bertz CT molecular complexity index is 253. The second kappa shape index (κ2) is 6.29. The average molecular weight is 233 g/mol. The molecule has 0 aliphatic carbocycles. The molecule has 0 saturated carbocycles. The summed E-state index contributed by atoms with van der Waals surface area (Å²) in [6, 6.07) is -0.497. The second-order valence-corrected chi connectivity index (χ2v) is 3.99. The number of carboxylic acid groups (broad SMARTS) is 1. The van der Waals surface area contributed by atoms with E-state index in [-0.39, 0.29) is 6.54 Å². The fourth-order valence-corrected chi connectivity index (χ4v) is 0.784. The Kier molecular flexibility index (Phi) is 5.76. The number of likely N-dealkylation sites (N-methyl/N-ethyl adjacent to an activating group) is 1. The van der Waals surface area contributed by atoms with E-state index in [0.29, 0.717) is 13.1 Å². The van der Waals surface area contributed by atoms with E-state index in [1.807, 2.05) is 19.0 Å². The second-order valence-electron chi connectivity index (χ2n) is 3.99. The smallest absolute Gasteiger partial charge is 0.337 e. The van der Waals surface area contributed by atoms with Gasteiger partial charge in [0.05, 0.1) is 6.54 Å². The van der Waals surface area contributed by atoms with Gasteiger partial charge in [-0.15, -0.1) is 0 Å². The maximum Gasteiger partial charge on any atom is 0.337 e. The first kappa shape index (κ1) is 14.7. The molecule has 0 aromatic rings. The molecule has 94 valence electrons. The molecule has 0 bridgehead atoms. The van der Waals surface area contributed by atoms with Gasteiger partial charge in [0.25, 0.3) is 0 Å². The van der Waals surface area contributed by atoms with Gasteiger partial charge in [-0.25, -0.2) is 9.59 Å². The van der Waals surface area contributed by atoms with Gasteiger partial charge in [-0.2, -0.15) is 0 Å². The molecule has 0 aromatic carbocycles. The van der Waals surface area contributed by atoms with Crippen LogP contribution in [0.1, 0.15) is 6.92 Å². The highest BCUT2D eigenvalue weighted by atomic mass is 16.4. The van der Waals surface area contributed by atoms with Crippen LogP contribution in [0.4, 0.5) is 4.79 Å². The lowest BCUT2D eigenvalue weighted by Crippen LogP contribution is -2.49. The highest BCUT2D eigenvalue weighted by Crippen LogP contribution is 2.00. The third-order valence-electron chi connectivity index (χ3n) is 1.90. The summed E-state index contributed by atoms with van der Waals surface area (Å²) in [5.74, 6) is -1.37. The van der Waals surface area contributed by atoms with Gasteiger partial charge in [0.2, 0.25) is 0 Å². The zero-order valence-corrected chi connectivity index (χ0v) is 9.78. The summed E-state index contributed by atoms with van der Waals surface area (Å²) in [5.41, 5.74) is -1.95. The standard InChI is InChI=1S/C9H19N3O4/c1-9(16,7(13)14)6-11-8(15)10-4-5-12(2)3/h16H,4-6H2,1-3H3,(H,13,14)(H2,10,11,15). The van der Waals surface area contributed by atoms with Gasteiger partial charge in [-0.3, -0.25) is 0 Å². The lowest BCUT2D eigenvalue weighted by molar-refractivity contribution is -0.155. The number of aliphatic hydroxyl groups is 1. The molecule has 0 rings (SSSR count). The van der Waals surface area contributed by atoms with Crippen molar-refractivity contribution in [3.8, 4) is 0 Å². The van der Waals surface area contributed by atoms with Crippen molar-refractivity contribution in [1.29, 1.82) is 0 Å². The van der Waals surface area contributed by atoms with Gasteiger partial charge in [-0.1, -0.05) is 0 Å². The first-order chi connectivity index (χ1) is 7.25. The number of urea groups is 1. The Morgan fingerprint density at radius 2 is 1.88 bits per heavy atom. The summed E-state index contributed by atoms with van der Waals surface area (Å²) in [7, 11) is 3.74. The molecule has 0 aliphatic heterocycles. The van der Waals surface area contributed by atoms with E-state index in [1.165, 1.54) is 0 Å². The largest absolute Gasteiger partial charge is 0.479 e. The maximum absolute atomic E-state index is 11.1. The van der Waals surface area contributed by atoms with E-state index in [0.717, 1.165) is 6.92 Å². The number of hydrogen-bond donors (Lipinski definition) is 4. The van der Waals surface area contributed by atoms with Gasteiger partial charge in [0.1, 0.15) is 0 Å².